The van der Waals surface area contributed by atoms with Crippen molar-refractivity contribution in [3.8, 4) is 0 Å². The van der Waals surface area contributed by atoms with Crippen LogP contribution in [0, 0.1) is 0 Å². The highest BCUT2D eigenvalue weighted by molar-refractivity contribution is 8.23. The highest BCUT2D eigenvalue weighted by atomic mass is 32.2. The number of thioether (sulfide) groups is 8. The Kier molecular flexibility index (Phi) is 13.0. The van der Waals surface area contributed by atoms with Crippen molar-refractivity contribution in [1.29, 1.82) is 0 Å². The first-order chi connectivity index (χ1) is 15.8. The molecule has 1 aromatic rings. The molecule has 3 rings (SSSR count). The summed E-state index contributed by atoms with van der Waals surface area (Å²) in [7, 11) is 0. The smallest absolute Gasteiger partial charge is 0.214 e. The first-order valence-electron chi connectivity index (χ1n) is 10.3. The normalized spacial score (nSPS) is 24.8. The van der Waals surface area contributed by atoms with Gasteiger partial charge in [-0.1, -0.05) is 36.7 Å². The Labute approximate surface area is 236 Å². The minimum Gasteiger partial charge on any atom is -0.282 e. The van der Waals surface area contributed by atoms with E-state index >= 15 is 0 Å². The van der Waals surface area contributed by atoms with Gasteiger partial charge in [-0.3, -0.25) is 9.59 Å². The zero-order chi connectivity index (χ0) is 23.8. The molecular formula is C22H28O2S9. The molecule has 4 unspecified atom stereocenters. The van der Waals surface area contributed by atoms with E-state index in [1.807, 2.05) is 81.9 Å². The van der Waals surface area contributed by atoms with Crippen LogP contribution in [0.15, 0.2) is 44.9 Å². The Hall–Kier alpha value is 1.32. The number of carbonyl (C=O) groups excluding carboxylic acids is 2. The second-order valence-electron chi connectivity index (χ2n) is 7.50. The van der Waals surface area contributed by atoms with E-state index in [1.165, 1.54) is 31.9 Å². The Balaban J connectivity index is 1.30. The fraction of sp³-hybridized carbons (Fsp3) is 0.545. The lowest BCUT2D eigenvalue weighted by Gasteiger charge is -2.09. The van der Waals surface area contributed by atoms with E-state index in [9.17, 15) is 9.59 Å². The lowest BCUT2D eigenvalue weighted by Crippen LogP contribution is -2.08. The molecule has 0 spiro atoms. The van der Waals surface area contributed by atoms with Gasteiger partial charge in [-0.25, -0.2) is 0 Å². The van der Waals surface area contributed by atoms with E-state index in [4.69, 9.17) is 0 Å². The third-order valence-corrected chi connectivity index (χ3v) is 18.3. The van der Waals surface area contributed by atoms with Gasteiger partial charge in [-0.15, -0.1) is 81.9 Å². The van der Waals surface area contributed by atoms with Gasteiger partial charge >= 0.3 is 0 Å². The van der Waals surface area contributed by atoms with Crippen LogP contribution in [0.4, 0.5) is 0 Å². The van der Waals surface area contributed by atoms with Gasteiger partial charge in [0.05, 0.1) is 17.6 Å². The molecule has 182 valence electrons. The molecule has 0 aliphatic carbocycles. The topological polar surface area (TPSA) is 34.1 Å². The Bertz CT molecular complexity index is 786. The highest BCUT2D eigenvalue weighted by Crippen LogP contribution is 2.45. The van der Waals surface area contributed by atoms with Crippen LogP contribution < -0.4 is 0 Å². The molecule has 33 heavy (non-hydrogen) atoms. The predicted octanol–water partition coefficient (Wildman–Crippen LogP) is 7.95. The minimum atomic E-state index is 0.128. The number of hydrogen-bond acceptors (Lipinski definition) is 11. The van der Waals surface area contributed by atoms with Crippen molar-refractivity contribution in [2.75, 3.05) is 34.5 Å². The van der Waals surface area contributed by atoms with Gasteiger partial charge in [0.15, 0.2) is 0 Å². The van der Waals surface area contributed by atoms with E-state index in [-0.39, 0.29) is 10.2 Å². The number of hydrogen-bond donors (Lipinski definition) is 0. The van der Waals surface area contributed by atoms with Crippen LogP contribution >= 0.6 is 105 Å². The van der Waals surface area contributed by atoms with Crippen LogP contribution in [0.2, 0.25) is 0 Å². The molecule has 0 saturated carbocycles. The molecule has 11 heteroatoms. The van der Waals surface area contributed by atoms with E-state index in [2.05, 4.69) is 25.3 Å². The van der Waals surface area contributed by atoms with Gasteiger partial charge in [0.1, 0.15) is 0 Å². The molecule has 2 saturated heterocycles. The molecule has 2 aliphatic heterocycles. The zero-order valence-electron chi connectivity index (χ0n) is 18.6. The first-order valence-corrected chi connectivity index (χ1v) is 19.1. The molecule has 0 N–H and O–H groups in total. The first kappa shape index (κ1) is 28.9. The summed E-state index contributed by atoms with van der Waals surface area (Å²) < 4.78 is 4.01. The van der Waals surface area contributed by atoms with Crippen LogP contribution in [-0.4, -0.2) is 64.4 Å². The van der Waals surface area contributed by atoms with Gasteiger partial charge in [0, 0.05) is 45.0 Å². The lowest BCUT2D eigenvalue weighted by molar-refractivity contribution is -0.108. The molecule has 0 radical (unpaired) electrons. The summed E-state index contributed by atoms with van der Waals surface area (Å²) in [5, 5.41) is 1.38. The van der Waals surface area contributed by atoms with Crippen LogP contribution in [0.25, 0.3) is 0 Å². The molecule has 4 atom stereocenters. The van der Waals surface area contributed by atoms with Gasteiger partial charge in [0.2, 0.25) is 10.2 Å². The molecular weight excluding hydrogens is 585 g/mol. The average molecular weight is 613 g/mol. The van der Waals surface area contributed by atoms with Gasteiger partial charge in [-0.2, -0.15) is 0 Å². The summed E-state index contributed by atoms with van der Waals surface area (Å²) in [6.45, 7) is 11.0. The molecule has 2 fully saturated rings. The summed E-state index contributed by atoms with van der Waals surface area (Å²) in [4.78, 5) is 23.5. The average Bonchev–Trinajstić information content (AvgIpc) is 3.53. The largest absolute Gasteiger partial charge is 0.282 e. The maximum atomic E-state index is 11.7. The third kappa shape index (κ3) is 10.3. The quantitative estimate of drug-likeness (QED) is 0.171. The van der Waals surface area contributed by atoms with Crippen molar-refractivity contribution in [3.05, 3.63) is 36.4 Å². The lowest BCUT2D eigenvalue weighted by atomic mass is 10.4. The van der Waals surface area contributed by atoms with Crippen molar-refractivity contribution in [2.45, 2.75) is 41.9 Å². The molecule has 0 amide bonds. The van der Waals surface area contributed by atoms with Crippen molar-refractivity contribution < 1.29 is 9.59 Å². The van der Waals surface area contributed by atoms with Crippen molar-refractivity contribution in [2.24, 2.45) is 0 Å². The monoisotopic (exact) mass is 612 g/mol. The molecule has 0 aromatic carbocycles. The summed E-state index contributed by atoms with van der Waals surface area (Å²) in [6.07, 6.45) is 0. The number of thiophene rings is 1. The fourth-order valence-corrected chi connectivity index (χ4v) is 15.7. The second kappa shape index (κ2) is 14.9. The predicted molar refractivity (Wildman–Crippen MR) is 166 cm³/mol. The van der Waals surface area contributed by atoms with E-state index < -0.39 is 0 Å². The van der Waals surface area contributed by atoms with Crippen LogP contribution in [-0.2, 0) is 9.59 Å². The van der Waals surface area contributed by atoms with E-state index in [1.54, 1.807) is 13.8 Å². The number of rotatable bonds is 12. The SMILES string of the molecule is C=C(C)C(=O)SCC1CSC(CSc2ccc(SCC3SCC(CSC(=O)C(=C)C)S3)s2)S1. The fourth-order valence-electron chi connectivity index (χ4n) is 2.71. The summed E-state index contributed by atoms with van der Waals surface area (Å²) in [5.74, 6) is 6.29. The third-order valence-electron chi connectivity index (χ3n) is 4.40. The van der Waals surface area contributed by atoms with Crippen molar-refractivity contribution in [1.82, 2.24) is 0 Å². The highest BCUT2D eigenvalue weighted by Gasteiger charge is 2.28. The summed E-state index contributed by atoms with van der Waals surface area (Å²) in [5.41, 5.74) is 1.29. The standard InChI is InChI=1S/C22H28O2S9/c1-13(2)21(23)29-9-15-7-25-19(31-15)11-27-17-5-6-18(33-17)28-12-20-26-8-16(32-20)10-30-22(24)14(3)4/h5-6,15-16,19-20H,1,3,7-12H2,2,4H3. The maximum Gasteiger partial charge on any atom is 0.214 e. The van der Waals surface area contributed by atoms with Crippen LogP contribution in [0.3, 0.4) is 0 Å². The Morgan fingerprint density at radius 3 is 1.64 bits per heavy atom. The Morgan fingerprint density at radius 2 is 1.24 bits per heavy atom. The minimum absolute atomic E-state index is 0.128. The molecule has 0 bridgehead atoms. The van der Waals surface area contributed by atoms with Crippen molar-refractivity contribution in [3.63, 3.8) is 0 Å². The maximum absolute atomic E-state index is 11.7. The van der Waals surface area contributed by atoms with E-state index in [0.717, 1.165) is 34.5 Å². The van der Waals surface area contributed by atoms with Gasteiger partial charge in [0.25, 0.3) is 0 Å². The number of carbonyl (C=O) groups is 2. The molecule has 2 aliphatic rings. The Morgan fingerprint density at radius 1 is 0.818 bits per heavy atom. The van der Waals surface area contributed by atoms with E-state index in [0.29, 0.717) is 30.8 Å². The molecule has 2 nitrogen and oxygen atoms in total. The van der Waals surface area contributed by atoms with Gasteiger partial charge in [-0.05, 0) is 37.1 Å². The summed E-state index contributed by atoms with van der Waals surface area (Å²) >= 11 is 16.8. The zero-order valence-corrected chi connectivity index (χ0v) is 26.0. The van der Waals surface area contributed by atoms with Crippen molar-refractivity contribution >= 4 is 116 Å². The van der Waals surface area contributed by atoms with Crippen LogP contribution in [0.1, 0.15) is 13.8 Å². The second-order valence-corrected chi connectivity index (χ2v) is 19.3. The molecule has 1 aromatic heterocycles. The van der Waals surface area contributed by atoms with Crippen LogP contribution in [0.5, 0.6) is 0 Å². The van der Waals surface area contributed by atoms with Gasteiger partial charge < -0.3 is 0 Å². The summed E-state index contributed by atoms with van der Waals surface area (Å²) in [6, 6.07) is 4.52. The molecule has 3 heterocycles.